The van der Waals surface area contributed by atoms with Crippen molar-refractivity contribution in [2.75, 3.05) is 19.6 Å². The Balaban J connectivity index is 2.01. The van der Waals surface area contributed by atoms with Crippen molar-refractivity contribution in [3.8, 4) is 0 Å². The van der Waals surface area contributed by atoms with Gasteiger partial charge in [-0.2, -0.15) is 0 Å². The van der Waals surface area contributed by atoms with Crippen LogP contribution in [0.2, 0.25) is 5.02 Å². The molecule has 1 N–H and O–H groups in total. The second kappa shape index (κ2) is 6.21. The van der Waals surface area contributed by atoms with Gasteiger partial charge in [-0.15, -0.1) is 0 Å². The van der Waals surface area contributed by atoms with E-state index in [-0.39, 0.29) is 5.02 Å². The van der Waals surface area contributed by atoms with Gasteiger partial charge >= 0.3 is 0 Å². The molecule has 19 heavy (non-hydrogen) atoms. The predicted molar refractivity (Wildman–Crippen MR) is 76.0 cm³/mol. The highest BCUT2D eigenvalue weighted by Gasteiger charge is 2.32. The first-order chi connectivity index (χ1) is 9.04. The van der Waals surface area contributed by atoms with Crippen LogP contribution in [0.3, 0.4) is 0 Å². The van der Waals surface area contributed by atoms with Crippen molar-refractivity contribution in [1.29, 1.82) is 0 Å². The SMILES string of the molecule is CCCN1CCC(O)(Cc2cccc(F)c2Cl)CC1. The summed E-state index contributed by atoms with van der Waals surface area (Å²) in [5.41, 5.74) is -0.0464. The maximum Gasteiger partial charge on any atom is 0.142 e. The van der Waals surface area contributed by atoms with Crippen LogP contribution in [0.5, 0.6) is 0 Å². The molecule has 1 heterocycles. The smallest absolute Gasteiger partial charge is 0.142 e. The summed E-state index contributed by atoms with van der Waals surface area (Å²) in [6.45, 7) is 5.04. The Kier molecular flexibility index (Phi) is 4.82. The van der Waals surface area contributed by atoms with Crippen LogP contribution in [0.15, 0.2) is 18.2 Å². The predicted octanol–water partition coefficient (Wildman–Crippen LogP) is 3.26. The molecule has 1 aromatic carbocycles. The Morgan fingerprint density at radius 2 is 2.05 bits per heavy atom. The average Bonchev–Trinajstić information content (AvgIpc) is 2.38. The van der Waals surface area contributed by atoms with Gasteiger partial charge in [-0.05, 0) is 37.4 Å². The summed E-state index contributed by atoms with van der Waals surface area (Å²) in [4.78, 5) is 2.36. The molecule has 0 saturated carbocycles. The number of rotatable bonds is 4. The summed E-state index contributed by atoms with van der Waals surface area (Å²) in [6.07, 6.45) is 3.01. The highest BCUT2D eigenvalue weighted by molar-refractivity contribution is 6.31. The molecule has 0 aliphatic carbocycles. The lowest BCUT2D eigenvalue weighted by Crippen LogP contribution is -2.45. The summed E-state index contributed by atoms with van der Waals surface area (Å²) in [6, 6.07) is 4.79. The molecule has 0 amide bonds. The molecule has 106 valence electrons. The van der Waals surface area contributed by atoms with Crippen LogP contribution in [0.25, 0.3) is 0 Å². The molecule has 0 bridgehead atoms. The fraction of sp³-hybridized carbons (Fsp3) is 0.600. The third kappa shape index (κ3) is 3.68. The molecule has 1 aliphatic rings. The summed E-state index contributed by atoms with van der Waals surface area (Å²) < 4.78 is 13.4. The van der Waals surface area contributed by atoms with E-state index in [4.69, 9.17) is 11.6 Å². The van der Waals surface area contributed by atoms with Crippen LogP contribution < -0.4 is 0 Å². The van der Waals surface area contributed by atoms with Crippen molar-refractivity contribution in [3.63, 3.8) is 0 Å². The van der Waals surface area contributed by atoms with E-state index in [0.717, 1.165) is 38.9 Å². The molecular formula is C15H21ClFNO. The molecule has 0 unspecified atom stereocenters. The fourth-order valence-electron chi connectivity index (χ4n) is 2.73. The number of likely N-dealkylation sites (tertiary alicyclic amines) is 1. The van der Waals surface area contributed by atoms with E-state index in [1.165, 1.54) is 6.07 Å². The third-order valence-electron chi connectivity index (χ3n) is 3.88. The highest BCUT2D eigenvalue weighted by atomic mass is 35.5. The Morgan fingerprint density at radius 1 is 1.37 bits per heavy atom. The number of aliphatic hydroxyl groups is 1. The van der Waals surface area contributed by atoms with Crippen molar-refractivity contribution >= 4 is 11.6 Å². The second-order valence-corrected chi connectivity index (χ2v) is 5.83. The Morgan fingerprint density at radius 3 is 2.68 bits per heavy atom. The topological polar surface area (TPSA) is 23.5 Å². The maximum atomic E-state index is 13.4. The van der Waals surface area contributed by atoms with Gasteiger partial charge in [-0.25, -0.2) is 4.39 Å². The van der Waals surface area contributed by atoms with E-state index in [1.807, 2.05) is 0 Å². The summed E-state index contributed by atoms with van der Waals surface area (Å²) in [5, 5.41) is 10.8. The first kappa shape index (κ1) is 14.8. The Bertz CT molecular complexity index is 430. The first-order valence-electron chi connectivity index (χ1n) is 6.92. The van der Waals surface area contributed by atoms with Crippen LogP contribution in [-0.4, -0.2) is 35.2 Å². The fourth-order valence-corrected chi connectivity index (χ4v) is 2.92. The Labute approximate surface area is 119 Å². The molecule has 0 radical (unpaired) electrons. The zero-order valence-electron chi connectivity index (χ0n) is 11.3. The number of benzene rings is 1. The zero-order valence-corrected chi connectivity index (χ0v) is 12.1. The molecular weight excluding hydrogens is 265 g/mol. The molecule has 1 aliphatic heterocycles. The number of halogens is 2. The molecule has 0 atom stereocenters. The average molecular weight is 286 g/mol. The monoisotopic (exact) mass is 285 g/mol. The van der Waals surface area contributed by atoms with E-state index in [0.29, 0.717) is 12.0 Å². The molecule has 2 rings (SSSR count). The van der Waals surface area contributed by atoms with Crippen molar-refractivity contribution in [2.45, 2.75) is 38.2 Å². The number of piperidine rings is 1. The molecule has 1 fully saturated rings. The summed E-state index contributed by atoms with van der Waals surface area (Å²) >= 11 is 5.96. The van der Waals surface area contributed by atoms with Crippen molar-refractivity contribution < 1.29 is 9.50 Å². The highest BCUT2D eigenvalue weighted by Crippen LogP contribution is 2.30. The van der Waals surface area contributed by atoms with Crippen LogP contribution in [0.1, 0.15) is 31.7 Å². The van der Waals surface area contributed by atoms with Crippen LogP contribution in [0, 0.1) is 5.82 Å². The van der Waals surface area contributed by atoms with E-state index in [2.05, 4.69) is 11.8 Å². The molecule has 4 heteroatoms. The molecule has 1 aromatic rings. The Hall–Kier alpha value is -0.640. The van der Waals surface area contributed by atoms with Crippen LogP contribution in [-0.2, 0) is 6.42 Å². The third-order valence-corrected chi connectivity index (χ3v) is 4.30. The maximum absolute atomic E-state index is 13.4. The van der Waals surface area contributed by atoms with Crippen LogP contribution in [0.4, 0.5) is 4.39 Å². The van der Waals surface area contributed by atoms with Gasteiger partial charge in [0.05, 0.1) is 10.6 Å². The van der Waals surface area contributed by atoms with Crippen molar-refractivity contribution in [1.82, 2.24) is 4.90 Å². The number of hydrogen-bond acceptors (Lipinski definition) is 2. The summed E-state index contributed by atoms with van der Waals surface area (Å²) in [7, 11) is 0. The normalized spacial score (nSPS) is 19.6. The molecule has 2 nitrogen and oxygen atoms in total. The largest absolute Gasteiger partial charge is 0.389 e. The van der Waals surface area contributed by atoms with E-state index >= 15 is 0 Å². The van der Waals surface area contributed by atoms with Gasteiger partial charge in [0.1, 0.15) is 5.82 Å². The second-order valence-electron chi connectivity index (χ2n) is 5.46. The van der Waals surface area contributed by atoms with Gasteiger partial charge in [-0.3, -0.25) is 0 Å². The molecule has 0 aromatic heterocycles. The lowest BCUT2D eigenvalue weighted by atomic mass is 9.85. The number of nitrogens with zero attached hydrogens (tertiary/aromatic N) is 1. The van der Waals surface area contributed by atoms with Gasteiger partial charge in [0.15, 0.2) is 0 Å². The van der Waals surface area contributed by atoms with Gasteiger partial charge in [-0.1, -0.05) is 30.7 Å². The number of hydrogen-bond donors (Lipinski definition) is 1. The standard InChI is InChI=1S/C15H21ClFNO/c1-2-8-18-9-6-15(19,7-10-18)11-12-4-3-5-13(17)14(12)16/h3-5,19H,2,6-11H2,1H3. The van der Waals surface area contributed by atoms with Gasteiger partial charge in [0.25, 0.3) is 0 Å². The van der Waals surface area contributed by atoms with E-state index < -0.39 is 11.4 Å². The first-order valence-corrected chi connectivity index (χ1v) is 7.29. The van der Waals surface area contributed by atoms with Crippen molar-refractivity contribution in [2.24, 2.45) is 0 Å². The quantitative estimate of drug-likeness (QED) is 0.918. The minimum atomic E-state index is -0.748. The molecule has 1 saturated heterocycles. The van der Waals surface area contributed by atoms with Crippen LogP contribution >= 0.6 is 11.6 Å². The zero-order chi connectivity index (χ0) is 13.9. The summed E-state index contributed by atoms with van der Waals surface area (Å²) in [5.74, 6) is -0.411. The van der Waals surface area contributed by atoms with Crippen molar-refractivity contribution in [3.05, 3.63) is 34.6 Å². The van der Waals surface area contributed by atoms with Gasteiger partial charge < -0.3 is 10.0 Å². The minimum Gasteiger partial charge on any atom is -0.389 e. The van der Waals surface area contributed by atoms with E-state index in [9.17, 15) is 9.50 Å². The van der Waals surface area contributed by atoms with Gasteiger partial charge in [0, 0.05) is 19.5 Å². The lowest BCUT2D eigenvalue weighted by molar-refractivity contribution is -0.0205. The minimum absolute atomic E-state index is 0.145. The lowest BCUT2D eigenvalue weighted by Gasteiger charge is -2.38. The van der Waals surface area contributed by atoms with E-state index in [1.54, 1.807) is 12.1 Å². The van der Waals surface area contributed by atoms with Gasteiger partial charge in [0.2, 0.25) is 0 Å². The molecule has 0 spiro atoms.